The molecule has 6 atom stereocenters. The standard InChI is InChI=1S/C16H22O6/c1-8-12-11(15(19)22-8)6-9-7-16(20-4-5-21-16)3-2-10(9)13(12)14(17)18/h8-13H,2-7H2,1H3,(H,17,18)/t8-,9-,10-,11-,12+,13+/m1/s1. The number of carboxylic acid groups (broad SMARTS) is 1. The topological polar surface area (TPSA) is 82.1 Å². The minimum atomic E-state index is -0.793. The molecule has 22 heavy (non-hydrogen) atoms. The van der Waals surface area contributed by atoms with Crippen molar-refractivity contribution >= 4 is 11.9 Å². The highest BCUT2D eigenvalue weighted by molar-refractivity contribution is 5.79. The Morgan fingerprint density at radius 3 is 2.73 bits per heavy atom. The smallest absolute Gasteiger partial charge is 0.309 e. The number of rotatable bonds is 1. The lowest BCUT2D eigenvalue weighted by Crippen LogP contribution is -2.51. The fraction of sp³-hybridized carbons (Fsp3) is 0.875. The zero-order chi connectivity index (χ0) is 15.5. The number of cyclic esters (lactones) is 1. The molecule has 0 aromatic rings. The second-order valence-corrected chi connectivity index (χ2v) is 7.20. The summed E-state index contributed by atoms with van der Waals surface area (Å²) in [5, 5.41) is 9.76. The predicted molar refractivity (Wildman–Crippen MR) is 73.7 cm³/mol. The lowest BCUT2D eigenvalue weighted by atomic mass is 9.56. The Hall–Kier alpha value is -1.14. The van der Waals surface area contributed by atoms with Crippen LogP contribution in [-0.2, 0) is 23.8 Å². The Labute approximate surface area is 129 Å². The fourth-order valence-electron chi connectivity index (χ4n) is 5.35. The lowest BCUT2D eigenvalue weighted by Gasteiger charge is -2.48. The van der Waals surface area contributed by atoms with Gasteiger partial charge in [-0.15, -0.1) is 0 Å². The summed E-state index contributed by atoms with van der Waals surface area (Å²) in [5.74, 6) is -2.27. The Balaban J connectivity index is 1.63. The predicted octanol–water partition coefficient (Wildman–Crippen LogP) is 1.43. The number of carbonyl (C=O) groups excluding carboxylic acids is 1. The summed E-state index contributed by atoms with van der Waals surface area (Å²) in [6, 6.07) is 0. The fourth-order valence-corrected chi connectivity index (χ4v) is 5.35. The molecule has 0 bridgehead atoms. The first-order chi connectivity index (χ1) is 10.5. The third-order valence-electron chi connectivity index (χ3n) is 6.18. The van der Waals surface area contributed by atoms with Gasteiger partial charge in [0.05, 0.1) is 25.0 Å². The van der Waals surface area contributed by atoms with Gasteiger partial charge in [0, 0.05) is 18.8 Å². The van der Waals surface area contributed by atoms with E-state index >= 15 is 0 Å². The van der Waals surface area contributed by atoms with E-state index in [0.29, 0.717) is 26.1 Å². The van der Waals surface area contributed by atoms with E-state index in [9.17, 15) is 14.7 Å². The van der Waals surface area contributed by atoms with Crippen LogP contribution in [0.5, 0.6) is 0 Å². The van der Waals surface area contributed by atoms with Gasteiger partial charge in [-0.3, -0.25) is 9.59 Å². The molecular weight excluding hydrogens is 288 g/mol. The lowest BCUT2D eigenvalue weighted by molar-refractivity contribution is -0.209. The summed E-state index contributed by atoms with van der Waals surface area (Å²) >= 11 is 0. The number of carboxylic acids is 1. The molecule has 4 fully saturated rings. The molecule has 0 amide bonds. The van der Waals surface area contributed by atoms with Gasteiger partial charge in [-0.2, -0.15) is 0 Å². The minimum Gasteiger partial charge on any atom is -0.481 e. The molecule has 2 saturated heterocycles. The Kier molecular flexibility index (Phi) is 3.24. The largest absolute Gasteiger partial charge is 0.481 e. The van der Waals surface area contributed by atoms with Crippen LogP contribution in [0.1, 0.15) is 32.6 Å². The molecule has 2 aliphatic heterocycles. The number of aliphatic carboxylic acids is 1. The van der Waals surface area contributed by atoms with E-state index in [2.05, 4.69) is 0 Å². The van der Waals surface area contributed by atoms with Crippen LogP contribution in [0.2, 0.25) is 0 Å². The zero-order valence-electron chi connectivity index (χ0n) is 12.7. The van der Waals surface area contributed by atoms with Crippen LogP contribution < -0.4 is 0 Å². The Bertz CT molecular complexity index is 497. The summed E-state index contributed by atoms with van der Waals surface area (Å²) < 4.78 is 16.9. The first kappa shape index (κ1) is 14.5. The van der Waals surface area contributed by atoms with Gasteiger partial charge in [0.1, 0.15) is 6.10 Å². The average molecular weight is 310 g/mol. The molecule has 1 spiro atoms. The van der Waals surface area contributed by atoms with Crippen LogP contribution in [0.3, 0.4) is 0 Å². The molecule has 0 aromatic heterocycles. The first-order valence-electron chi connectivity index (χ1n) is 8.22. The van der Waals surface area contributed by atoms with Crippen molar-refractivity contribution in [2.45, 2.75) is 44.5 Å². The van der Waals surface area contributed by atoms with Crippen LogP contribution in [0.25, 0.3) is 0 Å². The van der Waals surface area contributed by atoms with Gasteiger partial charge in [-0.25, -0.2) is 0 Å². The van der Waals surface area contributed by atoms with Gasteiger partial charge in [0.25, 0.3) is 0 Å². The van der Waals surface area contributed by atoms with Crippen molar-refractivity contribution in [1.29, 1.82) is 0 Å². The molecule has 6 heteroatoms. The van der Waals surface area contributed by atoms with Crippen LogP contribution in [0, 0.1) is 29.6 Å². The minimum absolute atomic E-state index is 0.0918. The summed E-state index contributed by atoms with van der Waals surface area (Å²) in [6.45, 7) is 3.03. The maximum atomic E-state index is 12.1. The number of hydrogen-bond donors (Lipinski definition) is 1. The third-order valence-corrected chi connectivity index (χ3v) is 6.18. The molecule has 4 aliphatic rings. The van der Waals surface area contributed by atoms with Gasteiger partial charge < -0.3 is 19.3 Å². The molecule has 1 N–H and O–H groups in total. The van der Waals surface area contributed by atoms with Gasteiger partial charge in [0.15, 0.2) is 5.79 Å². The van der Waals surface area contributed by atoms with Crippen molar-refractivity contribution in [3.8, 4) is 0 Å². The van der Waals surface area contributed by atoms with Gasteiger partial charge >= 0.3 is 11.9 Å². The van der Waals surface area contributed by atoms with Crippen molar-refractivity contribution in [3.63, 3.8) is 0 Å². The molecule has 0 radical (unpaired) electrons. The molecule has 2 saturated carbocycles. The van der Waals surface area contributed by atoms with Gasteiger partial charge in [-0.1, -0.05) is 0 Å². The van der Waals surface area contributed by atoms with E-state index in [4.69, 9.17) is 14.2 Å². The Morgan fingerprint density at radius 1 is 1.32 bits per heavy atom. The number of fused-ring (bicyclic) bond motifs is 2. The quantitative estimate of drug-likeness (QED) is 0.738. The highest BCUT2D eigenvalue weighted by Gasteiger charge is 2.60. The molecule has 4 rings (SSSR count). The van der Waals surface area contributed by atoms with Crippen molar-refractivity contribution < 1.29 is 28.9 Å². The van der Waals surface area contributed by atoms with Crippen molar-refractivity contribution in [3.05, 3.63) is 0 Å². The van der Waals surface area contributed by atoms with Crippen LogP contribution in [-0.4, -0.2) is 42.1 Å². The second kappa shape index (κ2) is 4.93. The molecule has 2 heterocycles. The number of carbonyl (C=O) groups is 2. The summed E-state index contributed by atoms with van der Waals surface area (Å²) in [5.41, 5.74) is 0. The van der Waals surface area contributed by atoms with Crippen LogP contribution in [0.4, 0.5) is 0 Å². The van der Waals surface area contributed by atoms with Crippen LogP contribution in [0.15, 0.2) is 0 Å². The maximum Gasteiger partial charge on any atom is 0.309 e. The van der Waals surface area contributed by atoms with Gasteiger partial charge in [-0.05, 0) is 31.6 Å². The maximum absolute atomic E-state index is 12.1. The van der Waals surface area contributed by atoms with Crippen LogP contribution >= 0.6 is 0 Å². The van der Waals surface area contributed by atoms with Crippen molar-refractivity contribution in [2.24, 2.45) is 29.6 Å². The van der Waals surface area contributed by atoms with E-state index in [0.717, 1.165) is 12.8 Å². The second-order valence-electron chi connectivity index (χ2n) is 7.20. The molecule has 2 aliphatic carbocycles. The normalized spacial score (nSPS) is 46.1. The van der Waals surface area contributed by atoms with Gasteiger partial charge in [0.2, 0.25) is 0 Å². The SMILES string of the molecule is C[C@H]1OC(=O)[C@@H]2C[C@@H]3CC4(CC[C@H]3[C@H](C(=O)O)[C@@H]12)OCCO4. The summed E-state index contributed by atoms with van der Waals surface area (Å²) in [6.07, 6.45) is 2.64. The monoisotopic (exact) mass is 310 g/mol. The van der Waals surface area contributed by atoms with E-state index in [1.807, 2.05) is 6.92 Å². The van der Waals surface area contributed by atoms with E-state index in [-0.39, 0.29) is 35.7 Å². The van der Waals surface area contributed by atoms with E-state index < -0.39 is 17.7 Å². The van der Waals surface area contributed by atoms with Crippen molar-refractivity contribution in [1.82, 2.24) is 0 Å². The van der Waals surface area contributed by atoms with Crippen molar-refractivity contribution in [2.75, 3.05) is 13.2 Å². The number of hydrogen-bond acceptors (Lipinski definition) is 5. The molecule has 6 nitrogen and oxygen atoms in total. The van der Waals surface area contributed by atoms with E-state index in [1.54, 1.807) is 0 Å². The number of esters is 1. The highest BCUT2D eigenvalue weighted by Crippen LogP contribution is 2.55. The zero-order valence-corrected chi connectivity index (χ0v) is 12.7. The first-order valence-corrected chi connectivity index (χ1v) is 8.22. The third kappa shape index (κ3) is 2.00. The average Bonchev–Trinajstić information content (AvgIpc) is 3.02. The molecule has 0 unspecified atom stereocenters. The molecule has 122 valence electrons. The Morgan fingerprint density at radius 2 is 2.05 bits per heavy atom. The summed E-state index contributed by atoms with van der Waals surface area (Å²) in [7, 11) is 0. The molecular formula is C16H22O6. The summed E-state index contributed by atoms with van der Waals surface area (Å²) in [4.78, 5) is 24.0. The van der Waals surface area contributed by atoms with E-state index in [1.165, 1.54) is 0 Å². The number of ether oxygens (including phenoxy) is 3. The highest BCUT2D eigenvalue weighted by atomic mass is 16.7. The molecule has 0 aromatic carbocycles.